The second-order valence-corrected chi connectivity index (χ2v) is 7.24. The molecule has 2 aliphatic heterocycles. The maximum atomic E-state index is 12.7. The summed E-state index contributed by atoms with van der Waals surface area (Å²) in [6.45, 7) is 4.07. The highest BCUT2D eigenvalue weighted by Gasteiger charge is 2.41. The summed E-state index contributed by atoms with van der Waals surface area (Å²) >= 11 is 0. The van der Waals surface area contributed by atoms with Gasteiger partial charge in [0.1, 0.15) is 6.04 Å². The maximum Gasteiger partial charge on any atom is 0.243 e. The first-order chi connectivity index (χ1) is 11.6. The maximum absolute atomic E-state index is 12.7. The Kier molecular flexibility index (Phi) is 5.76. The molecule has 1 spiro atoms. The van der Waals surface area contributed by atoms with Crippen LogP contribution in [0.5, 0.6) is 0 Å². The Hall–Kier alpha value is -1.14. The molecule has 0 aromatic heterocycles. The number of nitrogens with zero attached hydrogens (tertiary/aromatic N) is 1. The van der Waals surface area contributed by atoms with Crippen LogP contribution in [-0.4, -0.2) is 54.3 Å². The SMILES string of the molecule is CCCC(=O)N1CCCC[C@H]1C(=O)NC1CCC2(CC1)OCCO2. The monoisotopic (exact) mass is 338 g/mol. The van der Waals surface area contributed by atoms with Crippen LogP contribution in [0, 0.1) is 0 Å². The first kappa shape index (κ1) is 17.7. The van der Waals surface area contributed by atoms with Gasteiger partial charge in [-0.25, -0.2) is 0 Å². The molecule has 0 radical (unpaired) electrons. The van der Waals surface area contributed by atoms with Gasteiger partial charge in [0.15, 0.2) is 5.79 Å². The lowest BCUT2D eigenvalue weighted by atomic mass is 9.89. The van der Waals surface area contributed by atoms with Gasteiger partial charge in [0.2, 0.25) is 11.8 Å². The highest BCUT2D eigenvalue weighted by atomic mass is 16.7. The summed E-state index contributed by atoms with van der Waals surface area (Å²) in [4.78, 5) is 26.8. The third-order valence-corrected chi connectivity index (χ3v) is 5.50. The van der Waals surface area contributed by atoms with Crippen LogP contribution in [0.4, 0.5) is 0 Å². The van der Waals surface area contributed by atoms with Crippen molar-refractivity contribution in [1.29, 1.82) is 0 Å². The Labute approximate surface area is 144 Å². The molecule has 0 bridgehead atoms. The molecule has 0 aromatic rings. The van der Waals surface area contributed by atoms with E-state index in [1.165, 1.54) is 0 Å². The van der Waals surface area contributed by atoms with Gasteiger partial charge in [-0.1, -0.05) is 6.92 Å². The fraction of sp³-hybridized carbons (Fsp3) is 0.889. The molecule has 1 saturated carbocycles. The molecule has 2 saturated heterocycles. The van der Waals surface area contributed by atoms with Crippen LogP contribution < -0.4 is 5.32 Å². The average molecular weight is 338 g/mol. The van der Waals surface area contributed by atoms with Crippen LogP contribution in [0.15, 0.2) is 0 Å². The number of nitrogens with one attached hydrogen (secondary N) is 1. The average Bonchev–Trinajstić information content (AvgIpc) is 3.05. The van der Waals surface area contributed by atoms with Crippen LogP contribution >= 0.6 is 0 Å². The molecule has 3 fully saturated rings. The van der Waals surface area contributed by atoms with Crippen molar-refractivity contribution in [2.24, 2.45) is 0 Å². The number of rotatable bonds is 4. The van der Waals surface area contributed by atoms with Crippen molar-refractivity contribution in [1.82, 2.24) is 10.2 Å². The molecule has 136 valence electrons. The van der Waals surface area contributed by atoms with E-state index in [9.17, 15) is 9.59 Å². The number of amides is 2. The van der Waals surface area contributed by atoms with Crippen molar-refractivity contribution in [3.63, 3.8) is 0 Å². The lowest BCUT2D eigenvalue weighted by molar-refractivity contribution is -0.180. The molecule has 3 rings (SSSR count). The Morgan fingerprint density at radius 1 is 1.12 bits per heavy atom. The third-order valence-electron chi connectivity index (χ3n) is 5.50. The Morgan fingerprint density at radius 3 is 2.50 bits per heavy atom. The zero-order valence-electron chi connectivity index (χ0n) is 14.7. The highest BCUT2D eigenvalue weighted by Crippen LogP contribution is 2.35. The van der Waals surface area contributed by atoms with Gasteiger partial charge in [0.05, 0.1) is 13.2 Å². The number of piperidine rings is 1. The minimum absolute atomic E-state index is 0.0216. The van der Waals surface area contributed by atoms with Gasteiger partial charge < -0.3 is 19.7 Å². The molecule has 2 amide bonds. The fourth-order valence-corrected chi connectivity index (χ4v) is 4.15. The van der Waals surface area contributed by atoms with Gasteiger partial charge in [-0.15, -0.1) is 0 Å². The number of ether oxygens (including phenoxy) is 2. The van der Waals surface area contributed by atoms with Gasteiger partial charge in [0, 0.05) is 31.8 Å². The molecule has 6 nitrogen and oxygen atoms in total. The molecule has 6 heteroatoms. The third kappa shape index (κ3) is 3.91. The summed E-state index contributed by atoms with van der Waals surface area (Å²) in [7, 11) is 0. The normalized spacial score (nSPS) is 27.4. The number of likely N-dealkylation sites (tertiary alicyclic amines) is 1. The Morgan fingerprint density at radius 2 is 1.83 bits per heavy atom. The van der Waals surface area contributed by atoms with E-state index in [-0.39, 0.29) is 23.9 Å². The Bertz CT molecular complexity index is 452. The van der Waals surface area contributed by atoms with Crippen LogP contribution in [0.3, 0.4) is 0 Å². The van der Waals surface area contributed by atoms with Gasteiger partial charge in [-0.3, -0.25) is 9.59 Å². The van der Waals surface area contributed by atoms with E-state index >= 15 is 0 Å². The van der Waals surface area contributed by atoms with Crippen molar-refractivity contribution in [3.8, 4) is 0 Å². The van der Waals surface area contributed by atoms with Gasteiger partial charge in [0.25, 0.3) is 0 Å². The minimum Gasteiger partial charge on any atom is -0.352 e. The second-order valence-electron chi connectivity index (χ2n) is 7.24. The molecule has 3 aliphatic rings. The first-order valence-electron chi connectivity index (χ1n) is 9.51. The molecule has 0 aromatic carbocycles. The van der Waals surface area contributed by atoms with Gasteiger partial charge in [-0.2, -0.15) is 0 Å². The molecule has 1 atom stereocenters. The molecule has 1 N–H and O–H groups in total. The predicted molar refractivity (Wildman–Crippen MR) is 89.3 cm³/mol. The van der Waals surface area contributed by atoms with E-state index < -0.39 is 5.79 Å². The van der Waals surface area contributed by atoms with E-state index in [4.69, 9.17) is 9.47 Å². The summed E-state index contributed by atoms with van der Waals surface area (Å²) in [5, 5.41) is 3.18. The lowest BCUT2D eigenvalue weighted by Gasteiger charge is -2.38. The lowest BCUT2D eigenvalue weighted by Crippen LogP contribution is -2.54. The van der Waals surface area contributed by atoms with E-state index in [0.717, 1.165) is 51.4 Å². The van der Waals surface area contributed by atoms with Crippen molar-refractivity contribution >= 4 is 11.8 Å². The smallest absolute Gasteiger partial charge is 0.243 e. The number of carbonyl (C=O) groups is 2. The zero-order chi connectivity index (χ0) is 17.0. The number of carbonyl (C=O) groups excluding carboxylic acids is 2. The quantitative estimate of drug-likeness (QED) is 0.851. The second kappa shape index (κ2) is 7.83. The van der Waals surface area contributed by atoms with E-state index in [0.29, 0.717) is 26.2 Å². The van der Waals surface area contributed by atoms with Crippen molar-refractivity contribution < 1.29 is 19.1 Å². The van der Waals surface area contributed by atoms with Crippen molar-refractivity contribution in [2.75, 3.05) is 19.8 Å². The summed E-state index contributed by atoms with van der Waals surface area (Å²) in [5.74, 6) is -0.254. The largest absolute Gasteiger partial charge is 0.352 e. The first-order valence-corrected chi connectivity index (χ1v) is 9.51. The summed E-state index contributed by atoms with van der Waals surface area (Å²) in [6.07, 6.45) is 7.58. The summed E-state index contributed by atoms with van der Waals surface area (Å²) in [6, 6.07) is -0.117. The Balaban J connectivity index is 1.52. The van der Waals surface area contributed by atoms with E-state index in [1.807, 2.05) is 6.92 Å². The van der Waals surface area contributed by atoms with E-state index in [2.05, 4.69) is 5.32 Å². The van der Waals surface area contributed by atoms with Crippen LogP contribution in [0.1, 0.15) is 64.7 Å². The topological polar surface area (TPSA) is 67.9 Å². The zero-order valence-corrected chi connectivity index (χ0v) is 14.7. The van der Waals surface area contributed by atoms with Crippen molar-refractivity contribution in [3.05, 3.63) is 0 Å². The molecular weight excluding hydrogens is 308 g/mol. The predicted octanol–water partition coefficient (Wildman–Crippen LogP) is 1.97. The van der Waals surface area contributed by atoms with Crippen molar-refractivity contribution in [2.45, 2.75) is 82.6 Å². The molecule has 24 heavy (non-hydrogen) atoms. The van der Waals surface area contributed by atoms with Gasteiger partial charge in [-0.05, 0) is 38.5 Å². The molecular formula is C18H30N2O4. The molecule has 2 heterocycles. The summed E-state index contributed by atoms with van der Waals surface area (Å²) in [5.41, 5.74) is 0. The fourth-order valence-electron chi connectivity index (χ4n) is 4.15. The van der Waals surface area contributed by atoms with Gasteiger partial charge >= 0.3 is 0 Å². The standard InChI is InChI=1S/C18H30N2O4/c1-2-5-16(21)20-11-4-3-6-15(20)17(22)19-14-7-9-18(10-8-14)23-12-13-24-18/h14-15H,2-13H2,1H3,(H,19,22)/t15-/m0/s1. The van der Waals surface area contributed by atoms with E-state index in [1.54, 1.807) is 4.90 Å². The number of hydrogen-bond acceptors (Lipinski definition) is 4. The molecule has 0 unspecified atom stereocenters. The van der Waals surface area contributed by atoms with Crippen LogP contribution in [0.25, 0.3) is 0 Å². The summed E-state index contributed by atoms with van der Waals surface area (Å²) < 4.78 is 11.5. The number of hydrogen-bond donors (Lipinski definition) is 1. The minimum atomic E-state index is -0.394. The van der Waals surface area contributed by atoms with Crippen LogP contribution in [-0.2, 0) is 19.1 Å². The molecule has 1 aliphatic carbocycles. The highest BCUT2D eigenvalue weighted by molar-refractivity contribution is 5.88. The van der Waals surface area contributed by atoms with Crippen LogP contribution in [0.2, 0.25) is 0 Å².